The normalized spacial score (nSPS) is 19.3. The number of para-hydroxylation sites is 1. The number of aromatic nitrogens is 1. The van der Waals surface area contributed by atoms with E-state index < -0.39 is 0 Å². The molecule has 1 aliphatic heterocycles. The van der Waals surface area contributed by atoms with Crippen LogP contribution in [0, 0.1) is 0 Å². The van der Waals surface area contributed by atoms with Gasteiger partial charge in [0.1, 0.15) is 0 Å². The van der Waals surface area contributed by atoms with Crippen molar-refractivity contribution in [2.45, 2.75) is 12.5 Å². The number of nitrogens with zero attached hydrogens (tertiary/aromatic N) is 2. The van der Waals surface area contributed by atoms with Crippen LogP contribution in [0.2, 0.25) is 0 Å². The number of hydrogen-bond donors (Lipinski definition) is 1. The quantitative estimate of drug-likeness (QED) is 0.882. The third kappa shape index (κ3) is 2.02. The van der Waals surface area contributed by atoms with Gasteiger partial charge in [0.05, 0.1) is 11.2 Å². The first kappa shape index (κ1) is 12.2. The third-order valence-corrected chi connectivity index (χ3v) is 4.07. The van der Waals surface area contributed by atoms with Crippen LogP contribution in [0.15, 0.2) is 35.1 Å². The van der Waals surface area contributed by atoms with Crippen LogP contribution in [0.1, 0.15) is 6.42 Å². The molecule has 2 heterocycles. The summed E-state index contributed by atoms with van der Waals surface area (Å²) in [5, 5.41) is 4.47. The van der Waals surface area contributed by atoms with Crippen molar-refractivity contribution in [1.29, 1.82) is 0 Å². The number of anilines is 1. The van der Waals surface area contributed by atoms with Gasteiger partial charge in [-0.2, -0.15) is 0 Å². The molecule has 100 valence electrons. The van der Waals surface area contributed by atoms with Crippen molar-refractivity contribution in [3.63, 3.8) is 0 Å². The van der Waals surface area contributed by atoms with E-state index in [1.807, 2.05) is 32.3 Å². The van der Waals surface area contributed by atoms with Crippen LogP contribution in [0.5, 0.6) is 0 Å². The molecule has 0 saturated carbocycles. The Morgan fingerprint density at radius 1 is 1.32 bits per heavy atom. The average Bonchev–Trinajstić information content (AvgIpc) is 2.91. The Morgan fingerprint density at radius 2 is 2.11 bits per heavy atom. The highest BCUT2D eigenvalue weighted by Crippen LogP contribution is 2.27. The first-order valence-electron chi connectivity index (χ1n) is 6.71. The molecule has 1 unspecified atom stereocenters. The molecule has 1 saturated heterocycles. The highest BCUT2D eigenvalue weighted by Gasteiger charge is 2.23. The molecule has 19 heavy (non-hydrogen) atoms. The molecule has 0 amide bonds. The van der Waals surface area contributed by atoms with Crippen molar-refractivity contribution in [3.05, 3.63) is 40.7 Å². The van der Waals surface area contributed by atoms with E-state index in [1.165, 1.54) is 0 Å². The van der Waals surface area contributed by atoms with Gasteiger partial charge in [-0.3, -0.25) is 4.79 Å². The Balaban J connectivity index is 2.14. The van der Waals surface area contributed by atoms with E-state index in [4.69, 9.17) is 0 Å². The third-order valence-electron chi connectivity index (χ3n) is 4.07. The van der Waals surface area contributed by atoms with Gasteiger partial charge in [0.25, 0.3) is 5.56 Å². The fourth-order valence-electron chi connectivity index (χ4n) is 2.87. The summed E-state index contributed by atoms with van der Waals surface area (Å²) < 4.78 is 1.71. The van der Waals surface area contributed by atoms with Crippen molar-refractivity contribution >= 4 is 16.6 Å². The molecule has 1 N–H and O–H groups in total. The average molecular weight is 257 g/mol. The van der Waals surface area contributed by atoms with Crippen molar-refractivity contribution < 1.29 is 0 Å². The largest absolute Gasteiger partial charge is 0.369 e. The molecular formula is C15H19N3O. The van der Waals surface area contributed by atoms with Crippen molar-refractivity contribution in [3.8, 4) is 0 Å². The summed E-state index contributed by atoms with van der Waals surface area (Å²) in [6, 6.07) is 10.4. The van der Waals surface area contributed by atoms with Gasteiger partial charge in [-0.1, -0.05) is 18.2 Å². The van der Waals surface area contributed by atoms with Crippen LogP contribution in [-0.4, -0.2) is 30.7 Å². The summed E-state index contributed by atoms with van der Waals surface area (Å²) in [5.41, 5.74) is 2.12. The molecule has 1 aliphatic rings. The molecule has 0 radical (unpaired) electrons. The van der Waals surface area contributed by atoms with Crippen molar-refractivity contribution in [2.24, 2.45) is 7.05 Å². The van der Waals surface area contributed by atoms with Crippen LogP contribution in [0.25, 0.3) is 10.9 Å². The molecule has 4 heteroatoms. The van der Waals surface area contributed by atoms with Crippen molar-refractivity contribution in [2.75, 3.05) is 25.0 Å². The summed E-state index contributed by atoms with van der Waals surface area (Å²) in [5.74, 6) is 0. The standard InChI is InChI=1S/C15H19N3O/c1-16-11-7-8-18(10-11)14-9-15(19)17(2)13-6-4-3-5-12(13)14/h3-6,9,11,16H,7-8,10H2,1-2H3. The molecule has 1 fully saturated rings. The van der Waals surface area contributed by atoms with Crippen LogP contribution in [0.3, 0.4) is 0 Å². The molecule has 0 bridgehead atoms. The van der Waals surface area contributed by atoms with E-state index >= 15 is 0 Å². The highest BCUT2D eigenvalue weighted by molar-refractivity contribution is 5.92. The van der Waals surface area contributed by atoms with E-state index in [9.17, 15) is 4.79 Å². The number of benzene rings is 1. The minimum atomic E-state index is 0.0570. The molecule has 0 spiro atoms. The van der Waals surface area contributed by atoms with Gasteiger partial charge in [-0.15, -0.1) is 0 Å². The van der Waals surface area contributed by atoms with Gasteiger partial charge in [0, 0.05) is 37.6 Å². The highest BCUT2D eigenvalue weighted by atomic mass is 16.1. The predicted molar refractivity (Wildman–Crippen MR) is 78.9 cm³/mol. The van der Waals surface area contributed by atoms with Gasteiger partial charge in [-0.05, 0) is 19.5 Å². The fourth-order valence-corrected chi connectivity index (χ4v) is 2.87. The second kappa shape index (κ2) is 4.70. The molecular weight excluding hydrogens is 238 g/mol. The van der Waals surface area contributed by atoms with E-state index in [0.717, 1.165) is 36.1 Å². The number of likely N-dealkylation sites (N-methyl/N-ethyl adjacent to an activating group) is 1. The number of rotatable bonds is 2. The molecule has 2 aromatic rings. The first-order valence-corrected chi connectivity index (χ1v) is 6.71. The SMILES string of the molecule is CNC1CCN(c2cc(=O)n(C)c3ccccc23)C1. The smallest absolute Gasteiger partial charge is 0.252 e. The number of aryl methyl sites for hydroxylation is 1. The lowest BCUT2D eigenvalue weighted by Crippen LogP contribution is -2.30. The maximum absolute atomic E-state index is 12.1. The Morgan fingerprint density at radius 3 is 2.84 bits per heavy atom. The van der Waals surface area contributed by atoms with Crippen LogP contribution in [-0.2, 0) is 7.05 Å². The predicted octanol–water partition coefficient (Wildman–Crippen LogP) is 1.34. The molecule has 3 rings (SSSR count). The van der Waals surface area contributed by atoms with E-state index in [2.05, 4.69) is 16.3 Å². The second-order valence-corrected chi connectivity index (χ2v) is 5.16. The first-order chi connectivity index (χ1) is 9.20. The number of hydrogen-bond acceptors (Lipinski definition) is 3. The van der Waals surface area contributed by atoms with Gasteiger partial charge in [-0.25, -0.2) is 0 Å². The Kier molecular flexibility index (Phi) is 3.03. The lowest BCUT2D eigenvalue weighted by molar-refractivity contribution is 0.617. The van der Waals surface area contributed by atoms with Crippen molar-refractivity contribution in [1.82, 2.24) is 9.88 Å². The molecule has 1 aromatic carbocycles. The van der Waals surface area contributed by atoms with Crippen LogP contribution in [0.4, 0.5) is 5.69 Å². The zero-order valence-corrected chi connectivity index (χ0v) is 11.4. The maximum atomic E-state index is 12.1. The second-order valence-electron chi connectivity index (χ2n) is 5.16. The Bertz CT molecular complexity index is 662. The molecule has 4 nitrogen and oxygen atoms in total. The summed E-state index contributed by atoms with van der Waals surface area (Å²) >= 11 is 0. The summed E-state index contributed by atoms with van der Waals surface area (Å²) in [6.45, 7) is 1.97. The summed E-state index contributed by atoms with van der Waals surface area (Å²) in [7, 11) is 3.82. The number of nitrogens with one attached hydrogen (secondary N) is 1. The Labute approximate surface area is 112 Å². The zero-order chi connectivity index (χ0) is 13.4. The minimum Gasteiger partial charge on any atom is -0.369 e. The minimum absolute atomic E-state index is 0.0570. The summed E-state index contributed by atoms with van der Waals surface area (Å²) in [4.78, 5) is 14.4. The monoisotopic (exact) mass is 257 g/mol. The van der Waals surface area contributed by atoms with Gasteiger partial charge in [0.15, 0.2) is 0 Å². The van der Waals surface area contributed by atoms with E-state index in [0.29, 0.717) is 6.04 Å². The van der Waals surface area contributed by atoms with Gasteiger partial charge in [0.2, 0.25) is 0 Å². The number of pyridine rings is 1. The van der Waals surface area contributed by atoms with Gasteiger partial charge >= 0.3 is 0 Å². The lowest BCUT2D eigenvalue weighted by atomic mass is 10.1. The van der Waals surface area contributed by atoms with E-state index in [1.54, 1.807) is 10.6 Å². The van der Waals surface area contributed by atoms with Crippen LogP contribution < -0.4 is 15.8 Å². The van der Waals surface area contributed by atoms with E-state index in [-0.39, 0.29) is 5.56 Å². The molecule has 1 aromatic heterocycles. The van der Waals surface area contributed by atoms with Gasteiger partial charge < -0.3 is 14.8 Å². The fraction of sp³-hybridized carbons (Fsp3) is 0.400. The topological polar surface area (TPSA) is 37.3 Å². The maximum Gasteiger partial charge on any atom is 0.252 e. The zero-order valence-electron chi connectivity index (χ0n) is 11.4. The number of fused-ring (bicyclic) bond motifs is 1. The molecule has 1 atom stereocenters. The van der Waals surface area contributed by atoms with Crippen LogP contribution >= 0.6 is 0 Å². The Hall–Kier alpha value is -1.81. The lowest BCUT2D eigenvalue weighted by Gasteiger charge is -2.21. The molecule has 0 aliphatic carbocycles. The summed E-state index contributed by atoms with van der Waals surface area (Å²) in [6.07, 6.45) is 1.13.